The van der Waals surface area contributed by atoms with Crippen LogP contribution >= 0.6 is 23.2 Å². The molecule has 1 aliphatic heterocycles. The van der Waals surface area contributed by atoms with Crippen molar-refractivity contribution in [1.82, 2.24) is 5.32 Å². The van der Waals surface area contributed by atoms with Crippen LogP contribution in [0.5, 0.6) is 0 Å². The molecule has 6 heteroatoms. The molecule has 1 aromatic carbocycles. The van der Waals surface area contributed by atoms with E-state index in [9.17, 15) is 9.59 Å². The van der Waals surface area contributed by atoms with E-state index in [1.165, 1.54) is 0 Å². The van der Waals surface area contributed by atoms with Gasteiger partial charge >= 0.3 is 5.97 Å². The van der Waals surface area contributed by atoms with E-state index in [1.54, 1.807) is 38.1 Å². The minimum Gasteiger partial charge on any atom is -0.463 e. The van der Waals surface area contributed by atoms with Crippen molar-refractivity contribution in [1.29, 1.82) is 0 Å². The molecule has 2 rings (SSSR count). The molecule has 4 nitrogen and oxygen atoms in total. The van der Waals surface area contributed by atoms with Gasteiger partial charge in [-0.3, -0.25) is 4.79 Å². The van der Waals surface area contributed by atoms with Crippen LogP contribution in [0.1, 0.15) is 25.3 Å². The molecular formula is C16H15Cl2NO3. The van der Waals surface area contributed by atoms with Gasteiger partial charge in [-0.2, -0.15) is 0 Å². The zero-order valence-electron chi connectivity index (χ0n) is 12.2. The van der Waals surface area contributed by atoms with Crippen LogP contribution in [-0.2, 0) is 14.3 Å². The highest BCUT2D eigenvalue weighted by Crippen LogP contribution is 2.38. The van der Waals surface area contributed by atoms with Crippen LogP contribution < -0.4 is 5.32 Å². The maximum Gasteiger partial charge on any atom is 0.336 e. The number of benzene rings is 1. The highest BCUT2D eigenvalue weighted by Gasteiger charge is 2.34. The lowest BCUT2D eigenvalue weighted by molar-refractivity contribution is -0.138. The van der Waals surface area contributed by atoms with Crippen LogP contribution in [0.3, 0.4) is 0 Å². The highest BCUT2D eigenvalue weighted by atomic mass is 35.5. The first-order valence-corrected chi connectivity index (χ1v) is 7.50. The first-order chi connectivity index (χ1) is 10.5. The smallest absolute Gasteiger partial charge is 0.336 e. The van der Waals surface area contributed by atoms with Gasteiger partial charge in [0.25, 0.3) is 0 Å². The Bertz CT molecular complexity index is 662. The van der Waals surface area contributed by atoms with Crippen molar-refractivity contribution in [3.8, 4) is 0 Å². The molecule has 1 aliphatic rings. The molecule has 0 fully saturated rings. The molecule has 0 aliphatic carbocycles. The van der Waals surface area contributed by atoms with E-state index in [0.717, 1.165) is 5.56 Å². The van der Waals surface area contributed by atoms with Gasteiger partial charge in [0.05, 0.1) is 12.2 Å². The second kappa shape index (κ2) is 6.99. The number of esters is 1. The first-order valence-electron chi connectivity index (χ1n) is 6.74. The number of ether oxygens (including phenoxy) is 1. The summed E-state index contributed by atoms with van der Waals surface area (Å²) in [6.07, 6.45) is 0.653. The number of carbonyl (C=O) groups is 2. The minimum atomic E-state index is -0.581. The average molecular weight is 340 g/mol. The molecule has 0 saturated heterocycles. The van der Waals surface area contributed by atoms with E-state index in [1.807, 2.05) is 0 Å². The van der Waals surface area contributed by atoms with Crippen LogP contribution in [0.4, 0.5) is 0 Å². The number of allylic oxidation sites excluding steroid dienone is 2. The van der Waals surface area contributed by atoms with E-state index >= 15 is 0 Å². The number of rotatable bonds is 4. The lowest BCUT2D eigenvalue weighted by Gasteiger charge is -2.28. The number of aldehydes is 1. The summed E-state index contributed by atoms with van der Waals surface area (Å²) >= 11 is 12.0. The van der Waals surface area contributed by atoms with E-state index in [4.69, 9.17) is 27.9 Å². The molecule has 0 aromatic heterocycles. The third kappa shape index (κ3) is 3.18. The van der Waals surface area contributed by atoms with Crippen molar-refractivity contribution in [2.75, 3.05) is 6.61 Å². The van der Waals surface area contributed by atoms with Gasteiger partial charge in [-0.15, -0.1) is 0 Å². The van der Waals surface area contributed by atoms with Crippen LogP contribution in [-0.4, -0.2) is 18.9 Å². The van der Waals surface area contributed by atoms with Gasteiger partial charge in [-0.25, -0.2) is 4.79 Å². The van der Waals surface area contributed by atoms with Crippen molar-refractivity contribution in [3.05, 3.63) is 56.9 Å². The third-order valence-electron chi connectivity index (χ3n) is 3.38. The molecule has 1 atom stereocenters. The molecule has 0 saturated carbocycles. The number of hydrogen-bond donors (Lipinski definition) is 1. The Morgan fingerprint density at radius 3 is 2.50 bits per heavy atom. The first kappa shape index (κ1) is 16.6. The van der Waals surface area contributed by atoms with E-state index in [2.05, 4.69) is 5.32 Å². The fraction of sp³-hybridized carbons (Fsp3) is 0.250. The van der Waals surface area contributed by atoms with Gasteiger partial charge in [-0.1, -0.05) is 35.3 Å². The van der Waals surface area contributed by atoms with Crippen LogP contribution in [0.25, 0.3) is 0 Å². The van der Waals surface area contributed by atoms with Crippen LogP contribution in [0.2, 0.25) is 5.02 Å². The maximum absolute atomic E-state index is 12.3. The Morgan fingerprint density at radius 2 is 1.95 bits per heavy atom. The summed E-state index contributed by atoms with van der Waals surface area (Å²) in [6.45, 7) is 3.70. The fourth-order valence-electron chi connectivity index (χ4n) is 2.40. The maximum atomic E-state index is 12.3. The Morgan fingerprint density at radius 1 is 1.32 bits per heavy atom. The topological polar surface area (TPSA) is 55.4 Å². The van der Waals surface area contributed by atoms with Gasteiger partial charge in [0.15, 0.2) is 0 Å². The fourth-order valence-corrected chi connectivity index (χ4v) is 2.83. The van der Waals surface area contributed by atoms with Crippen molar-refractivity contribution < 1.29 is 14.3 Å². The van der Waals surface area contributed by atoms with E-state index in [-0.39, 0.29) is 17.3 Å². The predicted octanol–water partition coefficient (Wildman–Crippen LogP) is 3.51. The number of dihydropyridines is 1. The lowest BCUT2D eigenvalue weighted by Crippen LogP contribution is -2.29. The summed E-state index contributed by atoms with van der Waals surface area (Å²) in [5.41, 5.74) is 1.97. The molecule has 0 amide bonds. The molecule has 1 aromatic rings. The second-order valence-corrected chi connectivity index (χ2v) is 5.57. The lowest BCUT2D eigenvalue weighted by atomic mass is 9.82. The van der Waals surface area contributed by atoms with Gasteiger partial charge < -0.3 is 10.1 Å². The second-order valence-electron chi connectivity index (χ2n) is 4.76. The minimum absolute atomic E-state index is 0.209. The molecule has 1 heterocycles. The van der Waals surface area contributed by atoms with Crippen molar-refractivity contribution in [2.45, 2.75) is 19.8 Å². The average Bonchev–Trinajstić information content (AvgIpc) is 2.47. The quantitative estimate of drug-likeness (QED) is 0.518. The predicted molar refractivity (Wildman–Crippen MR) is 85.6 cm³/mol. The SMILES string of the molecule is CCOC(=O)C1=C(C)NC(Cl)=C(C=O)C1c1ccc(Cl)cc1. The summed E-state index contributed by atoms with van der Waals surface area (Å²) < 4.78 is 5.11. The zero-order valence-corrected chi connectivity index (χ0v) is 13.7. The Hall–Kier alpha value is -1.78. The van der Waals surface area contributed by atoms with Gasteiger partial charge in [0, 0.05) is 22.2 Å². The van der Waals surface area contributed by atoms with Gasteiger partial charge in [-0.05, 0) is 31.5 Å². The summed E-state index contributed by atoms with van der Waals surface area (Å²) in [6, 6.07) is 6.93. The normalized spacial score (nSPS) is 18.1. The van der Waals surface area contributed by atoms with Crippen molar-refractivity contribution in [2.24, 2.45) is 0 Å². The highest BCUT2D eigenvalue weighted by molar-refractivity contribution is 6.31. The van der Waals surface area contributed by atoms with Gasteiger partial charge in [0.1, 0.15) is 11.4 Å². The van der Waals surface area contributed by atoms with E-state index < -0.39 is 11.9 Å². The molecule has 1 unspecified atom stereocenters. The Labute approximate surface area is 138 Å². The molecule has 0 spiro atoms. The summed E-state index contributed by atoms with van der Waals surface area (Å²) in [5.74, 6) is -1.06. The largest absolute Gasteiger partial charge is 0.463 e. The summed E-state index contributed by atoms with van der Waals surface area (Å²) in [4.78, 5) is 23.8. The monoisotopic (exact) mass is 339 g/mol. The third-order valence-corrected chi connectivity index (χ3v) is 3.94. The molecule has 0 radical (unpaired) electrons. The van der Waals surface area contributed by atoms with E-state index in [0.29, 0.717) is 22.6 Å². The number of hydrogen-bond acceptors (Lipinski definition) is 4. The number of halogens is 2. The van der Waals surface area contributed by atoms with Crippen LogP contribution in [0, 0.1) is 0 Å². The summed E-state index contributed by atoms with van der Waals surface area (Å²) in [7, 11) is 0. The zero-order chi connectivity index (χ0) is 16.3. The molecular weight excluding hydrogens is 325 g/mol. The Kier molecular flexibility index (Phi) is 5.27. The number of carbonyl (C=O) groups excluding carboxylic acids is 2. The molecule has 1 N–H and O–H groups in total. The molecule has 116 valence electrons. The van der Waals surface area contributed by atoms with Crippen LogP contribution in [0.15, 0.2) is 46.3 Å². The summed E-state index contributed by atoms with van der Waals surface area (Å²) in [5, 5.41) is 3.62. The van der Waals surface area contributed by atoms with Crippen molar-refractivity contribution >= 4 is 35.5 Å². The van der Waals surface area contributed by atoms with Gasteiger partial charge in [0.2, 0.25) is 0 Å². The number of nitrogens with one attached hydrogen (secondary N) is 1. The molecule has 0 bridgehead atoms. The Balaban J connectivity index is 2.58. The van der Waals surface area contributed by atoms with Crippen molar-refractivity contribution in [3.63, 3.8) is 0 Å². The standard InChI is InChI=1S/C16H15Cl2NO3/c1-3-22-16(21)13-9(2)19-15(18)12(8-20)14(13)10-4-6-11(17)7-5-10/h4-8,14,19H,3H2,1-2H3. The molecule has 22 heavy (non-hydrogen) atoms.